The second-order valence-corrected chi connectivity index (χ2v) is 8.21. The second kappa shape index (κ2) is 9.32. The summed E-state index contributed by atoms with van der Waals surface area (Å²) in [5.74, 6) is 0.796. The molecular formula is C26H27N3O4. The van der Waals surface area contributed by atoms with E-state index in [4.69, 9.17) is 9.15 Å². The van der Waals surface area contributed by atoms with Crippen molar-refractivity contribution >= 4 is 17.5 Å². The summed E-state index contributed by atoms with van der Waals surface area (Å²) in [7, 11) is 3.18. The van der Waals surface area contributed by atoms with Crippen LogP contribution in [0.25, 0.3) is 0 Å². The Balaban J connectivity index is 1.55. The summed E-state index contributed by atoms with van der Waals surface area (Å²) >= 11 is 0. The minimum absolute atomic E-state index is 0.105. The van der Waals surface area contributed by atoms with Crippen molar-refractivity contribution in [2.75, 3.05) is 20.7 Å². The number of likely N-dealkylation sites (N-methyl/N-ethyl adjacent to an activating group) is 1. The van der Waals surface area contributed by atoms with Gasteiger partial charge in [0.2, 0.25) is 0 Å². The monoisotopic (exact) mass is 445 g/mol. The first-order valence-electron chi connectivity index (χ1n) is 10.8. The first-order chi connectivity index (χ1) is 15.9. The van der Waals surface area contributed by atoms with Crippen LogP contribution in [0, 0.1) is 13.8 Å². The van der Waals surface area contributed by atoms with Gasteiger partial charge in [0.25, 0.3) is 11.8 Å². The van der Waals surface area contributed by atoms with Gasteiger partial charge in [-0.25, -0.2) is 5.01 Å². The van der Waals surface area contributed by atoms with Gasteiger partial charge in [-0.2, -0.15) is 5.10 Å². The van der Waals surface area contributed by atoms with Crippen molar-refractivity contribution in [1.29, 1.82) is 0 Å². The fraction of sp³-hybridized carbons (Fsp3) is 0.269. The molecule has 2 amide bonds. The Bertz CT molecular complexity index is 1180. The molecule has 33 heavy (non-hydrogen) atoms. The highest BCUT2D eigenvalue weighted by atomic mass is 16.5. The molecule has 3 aromatic rings. The van der Waals surface area contributed by atoms with E-state index in [0.29, 0.717) is 23.5 Å². The Labute approximate surface area is 193 Å². The predicted molar refractivity (Wildman–Crippen MR) is 125 cm³/mol. The third-order valence-electron chi connectivity index (χ3n) is 5.93. The van der Waals surface area contributed by atoms with Crippen LogP contribution in [-0.4, -0.2) is 48.1 Å². The maximum absolute atomic E-state index is 13.3. The van der Waals surface area contributed by atoms with Crippen LogP contribution in [0.5, 0.6) is 5.75 Å². The molecule has 0 N–H and O–H groups in total. The van der Waals surface area contributed by atoms with Crippen LogP contribution in [0.15, 0.2) is 70.4 Å². The Morgan fingerprint density at radius 3 is 2.52 bits per heavy atom. The molecule has 2 aromatic carbocycles. The summed E-state index contributed by atoms with van der Waals surface area (Å²) in [5, 5.41) is 6.11. The molecule has 0 radical (unpaired) electrons. The molecule has 7 nitrogen and oxygen atoms in total. The molecular weight excluding hydrogens is 418 g/mol. The lowest BCUT2D eigenvalue weighted by atomic mass is 9.99. The van der Waals surface area contributed by atoms with E-state index in [1.165, 1.54) is 21.0 Å². The first-order valence-corrected chi connectivity index (χ1v) is 10.8. The molecule has 1 atom stereocenters. The van der Waals surface area contributed by atoms with Gasteiger partial charge in [-0.15, -0.1) is 0 Å². The number of hydrazone groups is 1. The molecule has 1 unspecified atom stereocenters. The molecule has 170 valence electrons. The number of rotatable bonds is 6. The maximum Gasteiger partial charge on any atom is 0.262 e. The zero-order valence-corrected chi connectivity index (χ0v) is 19.2. The van der Waals surface area contributed by atoms with Crippen molar-refractivity contribution in [2.24, 2.45) is 5.10 Å². The molecule has 1 aliphatic rings. The van der Waals surface area contributed by atoms with Crippen LogP contribution >= 0.6 is 0 Å². The Morgan fingerprint density at radius 1 is 1.12 bits per heavy atom. The number of aryl methyl sites for hydroxylation is 2. The quantitative estimate of drug-likeness (QED) is 0.565. The van der Waals surface area contributed by atoms with Crippen molar-refractivity contribution in [1.82, 2.24) is 9.91 Å². The summed E-state index contributed by atoms with van der Waals surface area (Å²) in [4.78, 5) is 27.5. The predicted octanol–water partition coefficient (Wildman–Crippen LogP) is 4.35. The highest BCUT2D eigenvalue weighted by Crippen LogP contribution is 2.33. The lowest BCUT2D eigenvalue weighted by molar-refractivity contribution is -0.133. The molecule has 0 saturated heterocycles. The maximum atomic E-state index is 13.3. The number of amides is 2. The summed E-state index contributed by atoms with van der Waals surface area (Å²) in [5.41, 5.74) is 4.64. The van der Waals surface area contributed by atoms with Crippen LogP contribution in [0.3, 0.4) is 0 Å². The first kappa shape index (κ1) is 22.3. The van der Waals surface area contributed by atoms with Gasteiger partial charge < -0.3 is 14.1 Å². The number of nitrogens with zero attached hydrogens (tertiary/aromatic N) is 3. The van der Waals surface area contributed by atoms with Crippen molar-refractivity contribution in [3.05, 3.63) is 88.9 Å². The molecule has 2 heterocycles. The minimum Gasteiger partial charge on any atom is -0.497 e. The van der Waals surface area contributed by atoms with Gasteiger partial charge in [-0.1, -0.05) is 12.1 Å². The Hall–Kier alpha value is -3.87. The molecule has 0 bridgehead atoms. The number of hydrogen-bond donors (Lipinski definition) is 0. The number of carbonyl (C=O) groups excluding carboxylic acids is 2. The lowest BCUT2D eigenvalue weighted by Crippen LogP contribution is -2.39. The smallest absolute Gasteiger partial charge is 0.262 e. The molecule has 0 aliphatic carbocycles. The largest absolute Gasteiger partial charge is 0.497 e. The van der Waals surface area contributed by atoms with Gasteiger partial charge in [0, 0.05) is 19.0 Å². The number of carbonyl (C=O) groups is 2. The number of furan rings is 1. The van der Waals surface area contributed by atoms with Crippen LogP contribution < -0.4 is 4.74 Å². The van der Waals surface area contributed by atoms with Crippen molar-refractivity contribution in [3.8, 4) is 5.75 Å². The highest BCUT2D eigenvalue weighted by molar-refractivity contribution is 6.04. The summed E-state index contributed by atoms with van der Waals surface area (Å²) in [6.45, 7) is 4.01. The van der Waals surface area contributed by atoms with Crippen molar-refractivity contribution in [2.45, 2.75) is 26.3 Å². The minimum atomic E-state index is -0.353. The third kappa shape index (κ3) is 4.67. The van der Waals surface area contributed by atoms with Gasteiger partial charge in [0.15, 0.2) is 0 Å². The van der Waals surface area contributed by atoms with E-state index in [9.17, 15) is 9.59 Å². The van der Waals surface area contributed by atoms with E-state index < -0.39 is 0 Å². The topological polar surface area (TPSA) is 75.3 Å². The van der Waals surface area contributed by atoms with Gasteiger partial charge in [0.1, 0.15) is 24.1 Å². The molecule has 1 aliphatic heterocycles. The van der Waals surface area contributed by atoms with E-state index >= 15 is 0 Å². The fourth-order valence-corrected chi connectivity index (χ4v) is 3.84. The summed E-state index contributed by atoms with van der Waals surface area (Å²) in [6, 6.07) is 16.2. The average molecular weight is 446 g/mol. The summed E-state index contributed by atoms with van der Waals surface area (Å²) in [6.07, 6.45) is 2.13. The van der Waals surface area contributed by atoms with Crippen molar-refractivity contribution in [3.63, 3.8) is 0 Å². The SMILES string of the molecule is COc1ccc(C(=O)N(C)CC(=O)N2N=C(c3ccc(C)c(C)c3)CC2c2ccco2)cc1. The van der Waals surface area contributed by atoms with E-state index in [2.05, 4.69) is 31.1 Å². The molecule has 7 heteroatoms. The van der Waals surface area contributed by atoms with Crippen LogP contribution in [-0.2, 0) is 4.79 Å². The van der Waals surface area contributed by atoms with Gasteiger partial charge in [-0.05, 0) is 73.0 Å². The molecule has 0 spiro atoms. The number of benzene rings is 2. The van der Waals surface area contributed by atoms with Crippen molar-refractivity contribution < 1.29 is 18.7 Å². The molecule has 4 rings (SSSR count). The van der Waals surface area contributed by atoms with E-state index in [0.717, 1.165) is 11.3 Å². The van der Waals surface area contributed by atoms with Crippen LogP contribution in [0.1, 0.15) is 45.3 Å². The molecule has 1 aromatic heterocycles. The summed E-state index contributed by atoms with van der Waals surface area (Å²) < 4.78 is 10.7. The number of hydrogen-bond acceptors (Lipinski definition) is 5. The zero-order chi connectivity index (χ0) is 23.5. The van der Waals surface area contributed by atoms with Crippen LogP contribution in [0.2, 0.25) is 0 Å². The van der Waals surface area contributed by atoms with Gasteiger partial charge >= 0.3 is 0 Å². The molecule has 0 fully saturated rings. The molecule has 0 saturated carbocycles. The van der Waals surface area contributed by atoms with E-state index in [1.807, 2.05) is 12.1 Å². The van der Waals surface area contributed by atoms with Gasteiger partial charge in [0.05, 0.1) is 19.1 Å². The Morgan fingerprint density at radius 2 is 1.88 bits per heavy atom. The lowest BCUT2D eigenvalue weighted by Gasteiger charge is -2.23. The normalized spacial score (nSPS) is 15.3. The average Bonchev–Trinajstić information content (AvgIpc) is 3.50. The zero-order valence-electron chi connectivity index (χ0n) is 19.2. The number of methoxy groups -OCH3 is 1. The standard InChI is InChI=1S/C26H27N3O4/c1-17-7-8-20(14-18(17)2)22-15-23(24-6-5-13-33-24)29(27-22)25(30)16-28(3)26(31)19-9-11-21(32-4)12-10-19/h5-14,23H,15-16H2,1-4H3. The van der Waals surface area contributed by atoms with Crippen LogP contribution in [0.4, 0.5) is 0 Å². The highest BCUT2D eigenvalue weighted by Gasteiger charge is 2.35. The fourth-order valence-electron chi connectivity index (χ4n) is 3.84. The second-order valence-electron chi connectivity index (χ2n) is 8.21. The number of ether oxygens (including phenoxy) is 1. The van der Waals surface area contributed by atoms with E-state index in [1.54, 1.807) is 50.8 Å². The van der Waals surface area contributed by atoms with Gasteiger partial charge in [-0.3, -0.25) is 9.59 Å². The third-order valence-corrected chi connectivity index (χ3v) is 5.93. The van der Waals surface area contributed by atoms with E-state index in [-0.39, 0.29) is 24.4 Å². The Kier molecular flexibility index (Phi) is 6.31.